The first-order valence-electron chi connectivity index (χ1n) is 10.7. The first-order valence-corrected chi connectivity index (χ1v) is 10.7. The van der Waals surface area contributed by atoms with Crippen LogP contribution in [0.3, 0.4) is 0 Å². The summed E-state index contributed by atoms with van der Waals surface area (Å²) >= 11 is 0. The molecule has 2 aromatic rings. The summed E-state index contributed by atoms with van der Waals surface area (Å²) < 4.78 is 85.2. The van der Waals surface area contributed by atoms with Crippen molar-refractivity contribution in [2.75, 3.05) is 13.1 Å². The molecule has 1 amide bonds. The Hall–Kier alpha value is -3.12. The van der Waals surface area contributed by atoms with Gasteiger partial charge in [-0.05, 0) is 48.7 Å². The molecule has 1 fully saturated rings. The van der Waals surface area contributed by atoms with Crippen molar-refractivity contribution in [2.45, 2.75) is 43.9 Å². The Bertz CT molecular complexity index is 995. The lowest BCUT2D eigenvalue weighted by atomic mass is 9.92. The Balaban J connectivity index is 1.87. The highest BCUT2D eigenvalue weighted by Gasteiger charge is 2.38. The second-order valence-corrected chi connectivity index (χ2v) is 8.08. The summed E-state index contributed by atoms with van der Waals surface area (Å²) in [5.74, 6) is 0.131. The van der Waals surface area contributed by atoms with E-state index >= 15 is 0 Å². The minimum atomic E-state index is -4.93. The third kappa shape index (κ3) is 7.18. The summed E-state index contributed by atoms with van der Waals surface area (Å²) in [5, 5.41) is 3.73. The van der Waals surface area contributed by atoms with Crippen LogP contribution in [0.1, 0.15) is 41.1 Å². The summed E-state index contributed by atoms with van der Waals surface area (Å²) in [6.45, 7) is 0.325. The number of nitrogens with zero attached hydrogens (tertiary/aromatic N) is 2. The van der Waals surface area contributed by atoms with E-state index in [4.69, 9.17) is 10.5 Å². The fourth-order valence-electron chi connectivity index (χ4n) is 4.11. The van der Waals surface area contributed by atoms with Crippen LogP contribution >= 0.6 is 0 Å². The van der Waals surface area contributed by atoms with Crippen molar-refractivity contribution >= 4 is 12.2 Å². The molecule has 0 aliphatic carbocycles. The van der Waals surface area contributed by atoms with E-state index in [9.17, 15) is 31.1 Å². The number of hydrogen-bond acceptors (Lipinski definition) is 4. The van der Waals surface area contributed by atoms with Crippen LogP contribution in [-0.4, -0.2) is 36.3 Å². The summed E-state index contributed by atoms with van der Waals surface area (Å²) in [6, 6.07) is 10.2. The number of halogens is 6. The third-order valence-electron chi connectivity index (χ3n) is 5.56. The molecule has 1 aliphatic heterocycles. The van der Waals surface area contributed by atoms with Crippen LogP contribution in [-0.2, 0) is 28.5 Å². The molecule has 3 N–H and O–H groups in total. The molecule has 3 rings (SSSR count). The van der Waals surface area contributed by atoms with Gasteiger partial charge >= 0.3 is 12.4 Å². The molecule has 0 saturated carbocycles. The number of hydrazone groups is 1. The fraction of sp³-hybridized carbons (Fsp3) is 0.391. The Morgan fingerprint density at radius 2 is 1.71 bits per heavy atom. The predicted octanol–water partition coefficient (Wildman–Crippen LogP) is 4.46. The zero-order chi connectivity index (χ0) is 25.6. The van der Waals surface area contributed by atoms with Crippen molar-refractivity contribution in [3.8, 4) is 0 Å². The van der Waals surface area contributed by atoms with Crippen LogP contribution in [0.4, 0.5) is 26.3 Å². The number of amidine groups is 1. The Morgan fingerprint density at radius 3 is 2.29 bits per heavy atom. The second kappa shape index (κ2) is 11.1. The normalized spacial score (nSPS) is 20.0. The summed E-state index contributed by atoms with van der Waals surface area (Å²) in [6.07, 6.45) is -8.85. The van der Waals surface area contributed by atoms with Crippen molar-refractivity contribution in [2.24, 2.45) is 10.8 Å². The molecule has 35 heavy (non-hydrogen) atoms. The van der Waals surface area contributed by atoms with Gasteiger partial charge < -0.3 is 10.5 Å². The Morgan fingerprint density at radius 1 is 1.09 bits per heavy atom. The maximum Gasteiger partial charge on any atom is 0.416 e. The van der Waals surface area contributed by atoms with E-state index in [2.05, 4.69) is 10.5 Å². The fourth-order valence-corrected chi connectivity index (χ4v) is 4.11. The number of amides is 1. The molecular formula is C23H24F6N4O2. The van der Waals surface area contributed by atoms with Crippen molar-refractivity contribution < 1.29 is 35.9 Å². The number of benzene rings is 2. The second-order valence-electron chi connectivity index (χ2n) is 8.08. The van der Waals surface area contributed by atoms with Crippen LogP contribution in [0.5, 0.6) is 0 Å². The molecule has 190 valence electrons. The molecule has 0 spiro atoms. The van der Waals surface area contributed by atoms with E-state index in [1.807, 2.05) is 35.2 Å². The van der Waals surface area contributed by atoms with E-state index in [-0.39, 0.29) is 30.1 Å². The maximum atomic E-state index is 13.2. The first-order chi connectivity index (χ1) is 16.5. The average molecular weight is 502 g/mol. The molecule has 1 heterocycles. The number of rotatable bonds is 8. The van der Waals surface area contributed by atoms with E-state index in [1.54, 1.807) is 0 Å². The maximum absolute atomic E-state index is 13.2. The number of nitrogens with two attached hydrogens (primary N) is 1. The number of carbonyl (C=O) groups is 1. The Labute approximate surface area is 197 Å². The molecule has 1 saturated heterocycles. The summed E-state index contributed by atoms with van der Waals surface area (Å²) in [7, 11) is 0. The highest BCUT2D eigenvalue weighted by atomic mass is 19.4. The number of hydrogen-bond donors (Lipinski definition) is 2. The van der Waals surface area contributed by atoms with Crippen molar-refractivity contribution in [3.05, 3.63) is 70.8 Å². The van der Waals surface area contributed by atoms with Crippen LogP contribution in [0.15, 0.2) is 53.6 Å². The smallest absolute Gasteiger partial charge is 0.385 e. The van der Waals surface area contributed by atoms with Crippen LogP contribution < -0.4 is 11.2 Å². The summed E-state index contributed by atoms with van der Waals surface area (Å²) in [4.78, 5) is 12.4. The molecule has 0 aromatic heterocycles. The zero-order valence-electron chi connectivity index (χ0n) is 18.4. The minimum Gasteiger partial charge on any atom is -0.385 e. The van der Waals surface area contributed by atoms with Crippen molar-refractivity contribution in [1.29, 1.82) is 0 Å². The van der Waals surface area contributed by atoms with Crippen LogP contribution in [0, 0.1) is 0 Å². The van der Waals surface area contributed by atoms with Gasteiger partial charge in [-0.2, -0.15) is 31.4 Å². The lowest BCUT2D eigenvalue weighted by Crippen LogP contribution is -2.46. The van der Waals surface area contributed by atoms with Crippen LogP contribution in [0.25, 0.3) is 0 Å². The lowest BCUT2D eigenvalue weighted by Gasteiger charge is -2.41. The zero-order valence-corrected chi connectivity index (χ0v) is 18.4. The minimum absolute atomic E-state index is 0.0914. The van der Waals surface area contributed by atoms with Gasteiger partial charge in [0.25, 0.3) is 0 Å². The topological polar surface area (TPSA) is 79.9 Å². The number of nitrogens with one attached hydrogen (secondary N) is 1. The molecule has 0 unspecified atom stereocenters. The highest BCUT2D eigenvalue weighted by molar-refractivity contribution is 5.82. The third-order valence-corrected chi connectivity index (χ3v) is 5.56. The summed E-state index contributed by atoms with van der Waals surface area (Å²) in [5.41, 5.74) is 5.85. The van der Waals surface area contributed by atoms with E-state index < -0.39 is 36.2 Å². The van der Waals surface area contributed by atoms with E-state index in [0.717, 1.165) is 5.56 Å². The highest BCUT2D eigenvalue weighted by Crippen LogP contribution is 2.38. The van der Waals surface area contributed by atoms with Gasteiger partial charge in [-0.15, -0.1) is 0 Å². The van der Waals surface area contributed by atoms with Gasteiger partial charge in [-0.25, -0.2) is 5.43 Å². The van der Waals surface area contributed by atoms with Gasteiger partial charge in [0.1, 0.15) is 5.84 Å². The first kappa shape index (κ1) is 26.5. The Kier molecular flexibility index (Phi) is 8.39. The number of alkyl halides is 6. The van der Waals surface area contributed by atoms with Crippen LogP contribution in [0.2, 0.25) is 0 Å². The van der Waals surface area contributed by atoms with Gasteiger partial charge in [0.2, 0.25) is 6.41 Å². The molecule has 1 aliphatic rings. The molecule has 0 radical (unpaired) electrons. The molecule has 6 nitrogen and oxygen atoms in total. The number of carbonyl (C=O) groups excluding carboxylic acids is 1. The molecule has 2 aromatic carbocycles. The molecule has 2 atom stereocenters. The standard InChI is InChI=1S/C23H24F6N4O2/c24-22(25,26)17-9-15(10-18(11-17)23(27,28)29)13-35-19-7-4-8-33(12-20(30)32-31-14-34)21(19)16-5-2-1-3-6-16/h1-3,5-6,9-11,14,19,21H,4,7-8,12-13H2,(H2,30,32)(H,31,34)/t19-,21-/m0/s1. The number of piperidine rings is 1. The van der Waals surface area contributed by atoms with E-state index in [0.29, 0.717) is 37.9 Å². The number of likely N-dealkylation sites (tertiary alicyclic amines) is 1. The molecule has 0 bridgehead atoms. The monoisotopic (exact) mass is 502 g/mol. The lowest BCUT2D eigenvalue weighted by molar-refractivity contribution is -0.143. The van der Waals surface area contributed by atoms with E-state index in [1.165, 1.54) is 0 Å². The van der Waals surface area contributed by atoms with Gasteiger partial charge in [0.15, 0.2) is 0 Å². The van der Waals surface area contributed by atoms with Gasteiger partial charge in [-0.1, -0.05) is 30.3 Å². The van der Waals surface area contributed by atoms with Gasteiger partial charge in [0, 0.05) is 0 Å². The quantitative estimate of drug-likeness (QED) is 0.184. The molecular weight excluding hydrogens is 478 g/mol. The van der Waals surface area contributed by atoms with Crippen molar-refractivity contribution in [1.82, 2.24) is 10.3 Å². The average Bonchev–Trinajstić information content (AvgIpc) is 2.80. The van der Waals surface area contributed by atoms with Gasteiger partial charge in [-0.3, -0.25) is 9.69 Å². The van der Waals surface area contributed by atoms with Crippen molar-refractivity contribution in [3.63, 3.8) is 0 Å². The number of ether oxygens (including phenoxy) is 1. The SMILES string of the molecule is N/C(CN1CCC[C@H](OCc2cc(C(F)(F)F)cc(C(F)(F)F)c2)[C@@H]1c1ccccc1)=N\NC=O. The largest absolute Gasteiger partial charge is 0.416 e. The molecule has 12 heteroatoms. The predicted molar refractivity (Wildman–Crippen MR) is 116 cm³/mol. The van der Waals surface area contributed by atoms with Gasteiger partial charge in [0.05, 0.1) is 36.4 Å².